The number of para-hydroxylation sites is 1. The Bertz CT molecular complexity index is 1300. The number of nitrogens with zero attached hydrogens (tertiary/aromatic N) is 1. The van der Waals surface area contributed by atoms with Gasteiger partial charge in [-0.2, -0.15) is 5.26 Å². The molecule has 0 atom stereocenters. The third-order valence-electron chi connectivity index (χ3n) is 5.04. The zero-order valence-electron chi connectivity index (χ0n) is 19.2. The Morgan fingerprint density at radius 2 is 1.86 bits per heavy atom. The number of amides is 1. The number of anilines is 1. The maximum Gasteiger partial charge on any atom is 0.266 e. The highest BCUT2D eigenvalue weighted by Gasteiger charge is 2.16. The number of rotatable bonds is 9. The Hall–Kier alpha value is -2.73. The van der Waals surface area contributed by atoms with E-state index >= 15 is 0 Å². The molecule has 3 aromatic carbocycles. The van der Waals surface area contributed by atoms with Crippen molar-refractivity contribution in [3.8, 4) is 17.6 Å². The molecule has 0 heterocycles. The molecule has 8 heteroatoms. The Morgan fingerprint density at radius 3 is 2.54 bits per heavy atom. The zero-order chi connectivity index (χ0) is 25.4. The van der Waals surface area contributed by atoms with Crippen molar-refractivity contribution in [2.24, 2.45) is 0 Å². The van der Waals surface area contributed by atoms with Gasteiger partial charge in [0.05, 0.1) is 10.2 Å². The molecule has 0 aliphatic rings. The molecule has 0 radical (unpaired) electrons. The summed E-state index contributed by atoms with van der Waals surface area (Å²) in [4.78, 5) is 12.8. The molecule has 0 aliphatic carbocycles. The quantitative estimate of drug-likeness (QED) is 0.151. The van der Waals surface area contributed by atoms with E-state index in [-0.39, 0.29) is 12.2 Å². The molecule has 0 fully saturated rings. The van der Waals surface area contributed by atoms with Gasteiger partial charge in [0.15, 0.2) is 11.5 Å². The summed E-state index contributed by atoms with van der Waals surface area (Å²) in [6.45, 7) is 4.52. The van der Waals surface area contributed by atoms with Crippen LogP contribution < -0.4 is 14.8 Å². The van der Waals surface area contributed by atoms with Crippen LogP contribution in [0.3, 0.4) is 0 Å². The first-order chi connectivity index (χ1) is 16.9. The molecular weight excluding hydrogens is 598 g/mol. The van der Waals surface area contributed by atoms with Crippen LogP contribution in [0.1, 0.15) is 30.5 Å². The van der Waals surface area contributed by atoms with Crippen LogP contribution >= 0.6 is 45.8 Å². The predicted octanol–water partition coefficient (Wildman–Crippen LogP) is 7.68. The van der Waals surface area contributed by atoms with Crippen molar-refractivity contribution in [3.05, 3.63) is 90.5 Å². The van der Waals surface area contributed by atoms with Gasteiger partial charge < -0.3 is 14.8 Å². The molecule has 0 saturated carbocycles. The second kappa shape index (κ2) is 12.8. The van der Waals surface area contributed by atoms with Gasteiger partial charge in [0.25, 0.3) is 5.91 Å². The number of halogens is 3. The fraction of sp³-hybridized carbons (Fsp3) is 0.185. The summed E-state index contributed by atoms with van der Waals surface area (Å²) in [7, 11) is 0. The third kappa shape index (κ3) is 7.14. The Kier molecular flexibility index (Phi) is 9.84. The number of carbonyl (C=O) groups is 1. The largest absolute Gasteiger partial charge is 0.490 e. The number of benzene rings is 3. The first-order valence-corrected chi connectivity index (χ1v) is 12.7. The van der Waals surface area contributed by atoms with Crippen LogP contribution in [0.4, 0.5) is 5.69 Å². The molecule has 5 nitrogen and oxygen atoms in total. The van der Waals surface area contributed by atoms with Crippen molar-refractivity contribution in [2.75, 3.05) is 11.9 Å². The summed E-state index contributed by atoms with van der Waals surface area (Å²) in [5.41, 5.74) is 3.10. The topological polar surface area (TPSA) is 71.3 Å². The molecule has 180 valence electrons. The van der Waals surface area contributed by atoms with Crippen LogP contribution in [0.5, 0.6) is 11.5 Å². The fourth-order valence-corrected chi connectivity index (χ4v) is 4.56. The number of hydrogen-bond donors (Lipinski definition) is 1. The van der Waals surface area contributed by atoms with Crippen LogP contribution in [0.2, 0.25) is 10.0 Å². The van der Waals surface area contributed by atoms with Gasteiger partial charge in [-0.1, -0.05) is 54.4 Å². The summed E-state index contributed by atoms with van der Waals surface area (Å²) in [6.07, 6.45) is 2.30. The van der Waals surface area contributed by atoms with E-state index < -0.39 is 5.91 Å². The lowest BCUT2D eigenvalue weighted by Crippen LogP contribution is -2.14. The highest BCUT2D eigenvalue weighted by Crippen LogP contribution is 2.36. The lowest BCUT2D eigenvalue weighted by molar-refractivity contribution is -0.112. The normalized spacial score (nSPS) is 11.0. The van der Waals surface area contributed by atoms with E-state index in [2.05, 4.69) is 27.9 Å². The molecular formula is C27H23Cl2IN2O3. The van der Waals surface area contributed by atoms with Gasteiger partial charge in [0, 0.05) is 21.3 Å². The Balaban J connectivity index is 1.87. The predicted molar refractivity (Wildman–Crippen MR) is 149 cm³/mol. The minimum atomic E-state index is -0.473. The molecule has 0 unspecified atom stereocenters. The number of ether oxygens (including phenoxy) is 2. The molecule has 3 rings (SSSR count). The average molecular weight is 621 g/mol. The van der Waals surface area contributed by atoms with E-state index in [1.807, 2.05) is 56.3 Å². The summed E-state index contributed by atoms with van der Waals surface area (Å²) >= 11 is 14.4. The minimum absolute atomic E-state index is 0.0178. The zero-order valence-corrected chi connectivity index (χ0v) is 22.9. The average Bonchev–Trinajstić information content (AvgIpc) is 2.83. The molecule has 1 N–H and O–H groups in total. The summed E-state index contributed by atoms with van der Waals surface area (Å²) in [5.74, 6) is 0.583. The van der Waals surface area contributed by atoms with E-state index in [4.69, 9.17) is 32.7 Å². The first-order valence-electron chi connectivity index (χ1n) is 10.9. The highest BCUT2D eigenvalue weighted by atomic mass is 127. The van der Waals surface area contributed by atoms with Crippen molar-refractivity contribution < 1.29 is 14.3 Å². The summed E-state index contributed by atoms with van der Waals surface area (Å²) in [5, 5.41) is 13.6. The van der Waals surface area contributed by atoms with Crippen molar-refractivity contribution in [2.45, 2.75) is 26.9 Å². The lowest BCUT2D eigenvalue weighted by atomic mass is 10.1. The Labute approximate surface area is 228 Å². The van der Waals surface area contributed by atoms with Crippen LogP contribution in [0.25, 0.3) is 6.08 Å². The second-order valence-corrected chi connectivity index (χ2v) is 9.43. The molecule has 0 bridgehead atoms. The van der Waals surface area contributed by atoms with Gasteiger partial charge in [-0.3, -0.25) is 4.79 Å². The van der Waals surface area contributed by atoms with Gasteiger partial charge >= 0.3 is 0 Å². The van der Waals surface area contributed by atoms with E-state index in [0.717, 1.165) is 21.1 Å². The molecule has 1 amide bonds. The van der Waals surface area contributed by atoms with Gasteiger partial charge in [-0.05, 0) is 83.5 Å². The monoisotopic (exact) mass is 620 g/mol. The maximum absolute atomic E-state index is 12.8. The number of carbonyl (C=O) groups excluding carboxylic acids is 1. The number of nitriles is 1. The maximum atomic E-state index is 12.8. The second-order valence-electron chi connectivity index (χ2n) is 7.42. The van der Waals surface area contributed by atoms with Crippen LogP contribution in [0.15, 0.2) is 60.2 Å². The van der Waals surface area contributed by atoms with Gasteiger partial charge in [0.1, 0.15) is 18.2 Å². The van der Waals surface area contributed by atoms with Gasteiger partial charge in [0.2, 0.25) is 0 Å². The van der Waals surface area contributed by atoms with Gasteiger partial charge in [-0.15, -0.1) is 0 Å². The van der Waals surface area contributed by atoms with E-state index in [1.54, 1.807) is 18.2 Å². The third-order valence-corrected chi connectivity index (χ3v) is 6.43. The van der Waals surface area contributed by atoms with Crippen molar-refractivity contribution in [1.82, 2.24) is 0 Å². The smallest absolute Gasteiger partial charge is 0.266 e. The van der Waals surface area contributed by atoms with Crippen molar-refractivity contribution in [1.29, 1.82) is 5.26 Å². The van der Waals surface area contributed by atoms with Crippen molar-refractivity contribution >= 4 is 63.5 Å². The van der Waals surface area contributed by atoms with E-state index in [0.29, 0.717) is 39.4 Å². The molecule has 0 spiro atoms. The van der Waals surface area contributed by atoms with E-state index in [9.17, 15) is 10.1 Å². The molecule has 0 saturated heterocycles. The standard InChI is InChI=1S/C27H23Cl2IN2O3/c1-3-18-7-5-6-8-24(18)32-27(33)20(15-31)11-17-12-23(30)26(25(13-17)34-4-2)35-16-19-9-10-21(28)14-22(19)29/h5-14H,3-4,16H2,1-2H3,(H,32,33)/b20-11+. The summed E-state index contributed by atoms with van der Waals surface area (Å²) in [6, 6.07) is 18.3. The highest BCUT2D eigenvalue weighted by molar-refractivity contribution is 14.1. The van der Waals surface area contributed by atoms with Gasteiger partial charge in [-0.25, -0.2) is 0 Å². The fourth-order valence-electron chi connectivity index (χ4n) is 3.32. The van der Waals surface area contributed by atoms with Crippen LogP contribution in [-0.4, -0.2) is 12.5 Å². The SMILES string of the molecule is CCOc1cc(/C=C(\C#N)C(=O)Nc2ccccc2CC)cc(I)c1OCc1ccc(Cl)cc1Cl. The van der Waals surface area contributed by atoms with Crippen LogP contribution in [-0.2, 0) is 17.8 Å². The van der Waals surface area contributed by atoms with Crippen molar-refractivity contribution in [3.63, 3.8) is 0 Å². The molecule has 35 heavy (non-hydrogen) atoms. The molecule has 0 aromatic heterocycles. The first kappa shape index (κ1) is 26.9. The number of nitrogens with one attached hydrogen (secondary N) is 1. The Morgan fingerprint density at radius 1 is 1.09 bits per heavy atom. The van der Waals surface area contributed by atoms with E-state index in [1.165, 1.54) is 6.08 Å². The minimum Gasteiger partial charge on any atom is -0.490 e. The summed E-state index contributed by atoms with van der Waals surface area (Å²) < 4.78 is 12.6. The number of aryl methyl sites for hydroxylation is 1. The number of hydrogen-bond acceptors (Lipinski definition) is 4. The molecule has 3 aromatic rings. The lowest BCUT2D eigenvalue weighted by Gasteiger charge is -2.15. The molecule has 0 aliphatic heterocycles. The van der Waals surface area contributed by atoms with Crippen LogP contribution in [0, 0.1) is 14.9 Å².